The summed E-state index contributed by atoms with van der Waals surface area (Å²) < 4.78 is 29.1. The van der Waals surface area contributed by atoms with Crippen LogP contribution in [0.4, 0.5) is 0 Å². The number of fused-ring (bicyclic) bond motifs is 1. The van der Waals surface area contributed by atoms with Crippen LogP contribution < -0.4 is 0 Å². The minimum atomic E-state index is -2.86. The lowest BCUT2D eigenvalue weighted by atomic mass is 10.1. The summed E-state index contributed by atoms with van der Waals surface area (Å²) in [5.41, 5.74) is 0. The maximum Gasteiger partial charge on any atom is 0.153 e. The lowest BCUT2D eigenvalue weighted by Crippen LogP contribution is -2.59. The summed E-state index contributed by atoms with van der Waals surface area (Å²) in [5.74, 6) is 0.650. The highest BCUT2D eigenvalue weighted by Gasteiger charge is 2.45. The van der Waals surface area contributed by atoms with Crippen LogP contribution in [0.5, 0.6) is 0 Å². The van der Waals surface area contributed by atoms with Crippen molar-refractivity contribution in [2.75, 3.05) is 50.9 Å². The van der Waals surface area contributed by atoms with Crippen LogP contribution in [-0.2, 0) is 14.6 Å². The van der Waals surface area contributed by atoms with Crippen molar-refractivity contribution < 1.29 is 13.2 Å². The molecule has 0 aromatic carbocycles. The first kappa shape index (κ1) is 14.2. The summed E-state index contributed by atoms with van der Waals surface area (Å²) in [6, 6.07) is 0.361. The van der Waals surface area contributed by atoms with Crippen LogP contribution in [0.2, 0.25) is 0 Å². The number of likely N-dealkylation sites (N-methyl/N-ethyl adjacent to an activating group) is 1. The molecule has 2 fully saturated rings. The molecular formula is C12H24N2O3S. The van der Waals surface area contributed by atoms with E-state index in [4.69, 9.17) is 4.74 Å². The molecule has 0 aromatic rings. The Hall–Kier alpha value is -0.170. The van der Waals surface area contributed by atoms with Crippen molar-refractivity contribution >= 4 is 9.84 Å². The number of rotatable bonds is 5. The molecule has 2 aliphatic heterocycles. The zero-order valence-electron chi connectivity index (χ0n) is 11.3. The molecule has 2 saturated heterocycles. The van der Waals surface area contributed by atoms with E-state index in [1.54, 1.807) is 0 Å². The standard InChI is InChI=1S/C12H24N2O3S/c1-3-13-5-6-14(7-8-17-4-2)12-10-18(15,16)9-11(12)13/h11-12H,3-10H2,1-2H3/t11-,12+/m1/s1. The molecule has 2 aliphatic rings. The normalized spacial score (nSPS) is 32.6. The Morgan fingerprint density at radius 2 is 1.72 bits per heavy atom. The summed E-state index contributed by atoms with van der Waals surface area (Å²) >= 11 is 0. The first-order valence-electron chi connectivity index (χ1n) is 6.83. The third kappa shape index (κ3) is 3.04. The van der Waals surface area contributed by atoms with E-state index in [2.05, 4.69) is 16.7 Å². The molecular weight excluding hydrogens is 252 g/mol. The van der Waals surface area contributed by atoms with Crippen LogP contribution in [0.1, 0.15) is 13.8 Å². The molecule has 0 bridgehead atoms. The minimum Gasteiger partial charge on any atom is -0.380 e. The van der Waals surface area contributed by atoms with Crippen molar-refractivity contribution in [3.8, 4) is 0 Å². The molecule has 2 rings (SSSR count). The van der Waals surface area contributed by atoms with Crippen LogP contribution in [0.3, 0.4) is 0 Å². The van der Waals surface area contributed by atoms with Gasteiger partial charge in [0.15, 0.2) is 9.84 Å². The largest absolute Gasteiger partial charge is 0.380 e. The Morgan fingerprint density at radius 1 is 1.11 bits per heavy atom. The fourth-order valence-corrected chi connectivity index (χ4v) is 5.14. The maximum atomic E-state index is 11.8. The van der Waals surface area contributed by atoms with Gasteiger partial charge >= 0.3 is 0 Å². The molecule has 0 saturated carbocycles. The third-order valence-corrected chi connectivity index (χ3v) is 5.74. The van der Waals surface area contributed by atoms with Gasteiger partial charge in [-0.3, -0.25) is 9.80 Å². The quantitative estimate of drug-likeness (QED) is 0.652. The fourth-order valence-electron chi connectivity index (χ4n) is 3.09. The number of hydrogen-bond acceptors (Lipinski definition) is 5. The molecule has 106 valence electrons. The second kappa shape index (κ2) is 5.86. The van der Waals surface area contributed by atoms with Gasteiger partial charge < -0.3 is 4.74 Å². The molecule has 0 N–H and O–H groups in total. The summed E-state index contributed by atoms with van der Waals surface area (Å²) in [5, 5.41) is 0. The van der Waals surface area contributed by atoms with E-state index < -0.39 is 9.84 Å². The highest BCUT2D eigenvalue weighted by Crippen LogP contribution is 2.26. The van der Waals surface area contributed by atoms with E-state index in [-0.39, 0.29) is 12.1 Å². The zero-order chi connectivity index (χ0) is 13.2. The topological polar surface area (TPSA) is 49.9 Å². The van der Waals surface area contributed by atoms with E-state index >= 15 is 0 Å². The molecule has 0 aliphatic carbocycles. The monoisotopic (exact) mass is 276 g/mol. The lowest BCUT2D eigenvalue weighted by molar-refractivity contribution is 0.0260. The van der Waals surface area contributed by atoms with Crippen LogP contribution in [-0.4, -0.2) is 81.2 Å². The third-order valence-electron chi connectivity index (χ3n) is 4.04. The van der Waals surface area contributed by atoms with Gasteiger partial charge in [0.2, 0.25) is 0 Å². The van der Waals surface area contributed by atoms with Gasteiger partial charge in [0.05, 0.1) is 18.1 Å². The van der Waals surface area contributed by atoms with E-state index in [0.29, 0.717) is 18.1 Å². The average Bonchev–Trinajstić information content (AvgIpc) is 2.65. The Balaban J connectivity index is 2.02. The molecule has 6 heteroatoms. The molecule has 0 radical (unpaired) electrons. The van der Waals surface area contributed by atoms with Crippen LogP contribution in [0.15, 0.2) is 0 Å². The Morgan fingerprint density at radius 3 is 2.33 bits per heavy atom. The van der Waals surface area contributed by atoms with Gasteiger partial charge in [0.25, 0.3) is 0 Å². The van der Waals surface area contributed by atoms with Crippen molar-refractivity contribution in [1.82, 2.24) is 9.80 Å². The molecule has 2 heterocycles. The van der Waals surface area contributed by atoms with Gasteiger partial charge in [0, 0.05) is 38.3 Å². The molecule has 0 amide bonds. The van der Waals surface area contributed by atoms with Crippen molar-refractivity contribution in [3.05, 3.63) is 0 Å². The van der Waals surface area contributed by atoms with Crippen molar-refractivity contribution in [2.45, 2.75) is 25.9 Å². The number of sulfone groups is 1. The summed E-state index contributed by atoms with van der Waals surface area (Å²) in [6.07, 6.45) is 0. The fraction of sp³-hybridized carbons (Fsp3) is 1.00. The Bertz CT molecular complexity index is 370. The molecule has 0 spiro atoms. The number of nitrogens with zero attached hydrogens (tertiary/aromatic N) is 2. The maximum absolute atomic E-state index is 11.8. The molecule has 5 nitrogen and oxygen atoms in total. The van der Waals surface area contributed by atoms with Gasteiger partial charge in [-0.25, -0.2) is 8.42 Å². The summed E-state index contributed by atoms with van der Waals surface area (Å²) in [6.45, 7) is 9.23. The lowest BCUT2D eigenvalue weighted by Gasteiger charge is -2.43. The van der Waals surface area contributed by atoms with Gasteiger partial charge in [-0.15, -0.1) is 0 Å². The smallest absolute Gasteiger partial charge is 0.153 e. The van der Waals surface area contributed by atoms with Gasteiger partial charge in [0.1, 0.15) is 0 Å². The molecule has 0 unspecified atom stereocenters. The first-order chi connectivity index (χ1) is 8.57. The molecule has 2 atom stereocenters. The van der Waals surface area contributed by atoms with Crippen molar-refractivity contribution in [2.24, 2.45) is 0 Å². The van der Waals surface area contributed by atoms with Gasteiger partial charge in [-0.2, -0.15) is 0 Å². The number of ether oxygens (including phenoxy) is 1. The van der Waals surface area contributed by atoms with Crippen LogP contribution in [0.25, 0.3) is 0 Å². The van der Waals surface area contributed by atoms with Crippen LogP contribution in [0, 0.1) is 0 Å². The van der Waals surface area contributed by atoms with Crippen LogP contribution >= 0.6 is 0 Å². The van der Waals surface area contributed by atoms with Gasteiger partial charge in [-0.05, 0) is 13.5 Å². The SMILES string of the molecule is CCOCCN1CCN(CC)[C@@H]2CS(=O)(=O)C[C@@H]21. The predicted octanol–water partition coefficient (Wildman–Crippen LogP) is -0.174. The predicted molar refractivity (Wildman–Crippen MR) is 71.5 cm³/mol. The highest BCUT2D eigenvalue weighted by atomic mass is 32.2. The molecule has 18 heavy (non-hydrogen) atoms. The highest BCUT2D eigenvalue weighted by molar-refractivity contribution is 7.91. The van der Waals surface area contributed by atoms with E-state index in [1.165, 1.54) is 0 Å². The minimum absolute atomic E-state index is 0.171. The number of piperazine rings is 1. The Kier molecular flexibility index (Phi) is 4.64. The average molecular weight is 276 g/mol. The van der Waals surface area contributed by atoms with Crippen molar-refractivity contribution in [3.63, 3.8) is 0 Å². The summed E-state index contributed by atoms with van der Waals surface area (Å²) in [7, 11) is -2.86. The Labute approximate surface area is 110 Å². The first-order valence-corrected chi connectivity index (χ1v) is 8.65. The second-order valence-corrected chi connectivity index (χ2v) is 7.23. The van der Waals surface area contributed by atoms with E-state index in [1.807, 2.05) is 6.92 Å². The zero-order valence-corrected chi connectivity index (χ0v) is 12.2. The van der Waals surface area contributed by atoms with Gasteiger partial charge in [-0.1, -0.05) is 6.92 Å². The second-order valence-electron chi connectivity index (χ2n) is 5.07. The van der Waals surface area contributed by atoms with E-state index in [9.17, 15) is 8.42 Å². The van der Waals surface area contributed by atoms with Crippen molar-refractivity contribution in [1.29, 1.82) is 0 Å². The number of hydrogen-bond donors (Lipinski definition) is 0. The molecule has 0 aromatic heterocycles. The van der Waals surface area contributed by atoms with E-state index in [0.717, 1.165) is 32.8 Å². The summed E-state index contributed by atoms with van der Waals surface area (Å²) in [4.78, 5) is 4.61.